The fraction of sp³-hybridized carbons (Fsp3) is 0.136. The first-order chi connectivity index (χ1) is 14.6. The molecule has 0 aromatic heterocycles. The van der Waals surface area contributed by atoms with Gasteiger partial charge in [0.05, 0.1) is 16.3 Å². The molecule has 0 bridgehead atoms. The first-order valence-corrected chi connectivity index (χ1v) is 11.8. The SMILES string of the molecule is Cc1ccc(S(=O)(=O)N(CC(=O)Nc2ccc(Br)cc2F)c2cccc(Cl)c2C)cc1. The average molecular weight is 526 g/mol. The molecule has 0 fully saturated rings. The van der Waals surface area contributed by atoms with Gasteiger partial charge in [0.15, 0.2) is 0 Å². The molecule has 0 aliphatic carbocycles. The zero-order valence-electron chi connectivity index (χ0n) is 16.7. The van der Waals surface area contributed by atoms with Gasteiger partial charge >= 0.3 is 0 Å². The summed E-state index contributed by atoms with van der Waals surface area (Å²) in [5.74, 6) is -1.34. The number of anilines is 2. The van der Waals surface area contributed by atoms with Crippen molar-refractivity contribution in [3.8, 4) is 0 Å². The van der Waals surface area contributed by atoms with Crippen LogP contribution in [0.2, 0.25) is 5.02 Å². The zero-order valence-corrected chi connectivity index (χ0v) is 19.9. The minimum atomic E-state index is -4.10. The molecule has 5 nitrogen and oxygen atoms in total. The van der Waals surface area contributed by atoms with E-state index in [-0.39, 0.29) is 16.3 Å². The number of carbonyl (C=O) groups is 1. The minimum Gasteiger partial charge on any atom is -0.322 e. The van der Waals surface area contributed by atoms with Gasteiger partial charge in [-0.1, -0.05) is 51.3 Å². The molecule has 162 valence electrons. The second kappa shape index (κ2) is 9.38. The summed E-state index contributed by atoms with van der Waals surface area (Å²) >= 11 is 9.35. The van der Waals surface area contributed by atoms with Gasteiger partial charge in [-0.3, -0.25) is 9.10 Å². The zero-order chi connectivity index (χ0) is 22.8. The number of nitrogens with zero attached hydrogens (tertiary/aromatic N) is 1. The number of amides is 1. The molecule has 1 N–H and O–H groups in total. The number of carbonyl (C=O) groups excluding carboxylic acids is 1. The highest BCUT2D eigenvalue weighted by molar-refractivity contribution is 9.10. The van der Waals surface area contributed by atoms with Crippen LogP contribution in [0.15, 0.2) is 70.0 Å². The first kappa shape index (κ1) is 23.2. The third kappa shape index (κ3) is 5.26. The lowest BCUT2D eigenvalue weighted by atomic mass is 10.2. The number of nitrogens with one attached hydrogen (secondary N) is 1. The van der Waals surface area contributed by atoms with Crippen LogP contribution in [-0.2, 0) is 14.8 Å². The Morgan fingerprint density at radius 3 is 2.42 bits per heavy atom. The Hall–Kier alpha value is -2.42. The normalized spacial score (nSPS) is 11.3. The molecule has 0 saturated carbocycles. The summed E-state index contributed by atoms with van der Waals surface area (Å²) in [5, 5.41) is 2.79. The van der Waals surface area contributed by atoms with Crippen LogP contribution in [0.25, 0.3) is 0 Å². The lowest BCUT2D eigenvalue weighted by Crippen LogP contribution is -2.38. The highest BCUT2D eigenvalue weighted by Gasteiger charge is 2.29. The summed E-state index contributed by atoms with van der Waals surface area (Å²) in [4.78, 5) is 12.8. The van der Waals surface area contributed by atoms with Crippen LogP contribution < -0.4 is 9.62 Å². The van der Waals surface area contributed by atoms with E-state index in [0.717, 1.165) is 9.87 Å². The van der Waals surface area contributed by atoms with Gasteiger partial charge in [0, 0.05) is 9.50 Å². The molecule has 0 radical (unpaired) electrons. The van der Waals surface area contributed by atoms with Crippen LogP contribution in [0.3, 0.4) is 0 Å². The molecule has 1 amide bonds. The van der Waals surface area contributed by atoms with Crippen molar-refractivity contribution in [3.63, 3.8) is 0 Å². The maximum Gasteiger partial charge on any atom is 0.264 e. The van der Waals surface area contributed by atoms with Crippen LogP contribution in [0, 0.1) is 19.7 Å². The molecule has 0 aliphatic heterocycles. The monoisotopic (exact) mass is 524 g/mol. The number of rotatable bonds is 6. The predicted molar refractivity (Wildman–Crippen MR) is 125 cm³/mol. The number of sulfonamides is 1. The van der Waals surface area contributed by atoms with Crippen molar-refractivity contribution in [3.05, 3.63) is 87.1 Å². The Labute approximate surface area is 194 Å². The molecule has 0 aliphatic rings. The van der Waals surface area contributed by atoms with Crippen molar-refractivity contribution in [2.45, 2.75) is 18.7 Å². The van der Waals surface area contributed by atoms with Gasteiger partial charge in [0.25, 0.3) is 10.0 Å². The third-order valence-electron chi connectivity index (χ3n) is 4.61. The van der Waals surface area contributed by atoms with Crippen LogP contribution in [0.4, 0.5) is 15.8 Å². The quantitative estimate of drug-likeness (QED) is 0.449. The summed E-state index contributed by atoms with van der Waals surface area (Å²) in [6, 6.07) is 15.3. The Kier molecular flexibility index (Phi) is 7.03. The summed E-state index contributed by atoms with van der Waals surface area (Å²) in [5.41, 5.74) is 1.61. The molecule has 0 unspecified atom stereocenters. The van der Waals surface area contributed by atoms with Gasteiger partial charge in [0.2, 0.25) is 5.91 Å². The van der Waals surface area contributed by atoms with E-state index in [1.807, 2.05) is 6.92 Å². The van der Waals surface area contributed by atoms with Gasteiger partial charge in [-0.25, -0.2) is 12.8 Å². The molecule has 31 heavy (non-hydrogen) atoms. The Morgan fingerprint density at radius 1 is 1.10 bits per heavy atom. The summed E-state index contributed by atoms with van der Waals surface area (Å²) in [6.07, 6.45) is 0. The first-order valence-electron chi connectivity index (χ1n) is 9.19. The number of benzene rings is 3. The largest absolute Gasteiger partial charge is 0.322 e. The van der Waals surface area contributed by atoms with Crippen molar-refractivity contribution < 1.29 is 17.6 Å². The Morgan fingerprint density at radius 2 is 1.77 bits per heavy atom. The molecule has 3 aromatic carbocycles. The second-order valence-corrected chi connectivity index (χ2v) is 10.1. The fourth-order valence-electron chi connectivity index (χ4n) is 2.91. The molecule has 0 atom stereocenters. The van der Waals surface area contributed by atoms with E-state index in [1.165, 1.54) is 24.3 Å². The maximum absolute atomic E-state index is 14.1. The number of aryl methyl sites for hydroxylation is 1. The average Bonchev–Trinajstić information content (AvgIpc) is 2.71. The maximum atomic E-state index is 14.1. The third-order valence-corrected chi connectivity index (χ3v) is 7.29. The van der Waals surface area contributed by atoms with Crippen LogP contribution >= 0.6 is 27.5 Å². The van der Waals surface area contributed by atoms with E-state index in [2.05, 4.69) is 21.2 Å². The second-order valence-electron chi connectivity index (χ2n) is 6.88. The molecular formula is C22H19BrClFN2O3S. The number of halogens is 3. The highest BCUT2D eigenvalue weighted by atomic mass is 79.9. The van der Waals surface area contributed by atoms with E-state index in [0.29, 0.717) is 15.1 Å². The van der Waals surface area contributed by atoms with Crippen molar-refractivity contribution >= 4 is 54.8 Å². The topological polar surface area (TPSA) is 66.5 Å². The van der Waals surface area contributed by atoms with Gasteiger partial charge in [-0.2, -0.15) is 0 Å². The molecular weight excluding hydrogens is 507 g/mol. The van der Waals surface area contributed by atoms with Crippen molar-refractivity contribution in [1.82, 2.24) is 0 Å². The minimum absolute atomic E-state index is 0.0279. The van der Waals surface area contributed by atoms with Gasteiger partial charge in [0.1, 0.15) is 12.4 Å². The van der Waals surface area contributed by atoms with Crippen molar-refractivity contribution in [1.29, 1.82) is 0 Å². The van der Waals surface area contributed by atoms with Crippen molar-refractivity contribution in [2.75, 3.05) is 16.2 Å². The van der Waals surface area contributed by atoms with Crippen molar-refractivity contribution in [2.24, 2.45) is 0 Å². The summed E-state index contributed by atoms with van der Waals surface area (Å²) < 4.78 is 42.5. The molecule has 0 heterocycles. The molecule has 0 saturated heterocycles. The van der Waals surface area contributed by atoms with Crippen LogP contribution in [0.5, 0.6) is 0 Å². The van der Waals surface area contributed by atoms with E-state index >= 15 is 0 Å². The molecule has 0 spiro atoms. The smallest absolute Gasteiger partial charge is 0.264 e. The van der Waals surface area contributed by atoms with E-state index in [1.54, 1.807) is 43.3 Å². The molecule has 9 heteroatoms. The van der Waals surface area contributed by atoms with E-state index < -0.39 is 28.3 Å². The predicted octanol–water partition coefficient (Wildman–Crippen LogP) is 5.69. The lowest BCUT2D eigenvalue weighted by Gasteiger charge is -2.26. The lowest BCUT2D eigenvalue weighted by molar-refractivity contribution is -0.114. The molecule has 3 rings (SSSR count). The van der Waals surface area contributed by atoms with Gasteiger partial charge in [-0.15, -0.1) is 0 Å². The van der Waals surface area contributed by atoms with Crippen LogP contribution in [-0.4, -0.2) is 20.9 Å². The Balaban J connectivity index is 2.00. The van der Waals surface area contributed by atoms with Crippen LogP contribution in [0.1, 0.15) is 11.1 Å². The summed E-state index contributed by atoms with van der Waals surface area (Å²) in [7, 11) is -4.10. The highest BCUT2D eigenvalue weighted by Crippen LogP contribution is 2.31. The van der Waals surface area contributed by atoms with Gasteiger partial charge in [-0.05, 0) is 61.9 Å². The number of hydrogen-bond donors (Lipinski definition) is 1. The summed E-state index contributed by atoms with van der Waals surface area (Å²) in [6.45, 7) is 2.95. The molecule has 3 aromatic rings. The number of hydrogen-bond acceptors (Lipinski definition) is 3. The Bertz CT molecular complexity index is 1230. The standard InChI is InChI=1S/C22H19BrClFN2O3S/c1-14-6-9-17(10-7-14)31(29,30)27(21-5-3-4-18(24)15(21)2)13-22(28)26-20-11-8-16(23)12-19(20)25/h3-12H,13H2,1-2H3,(H,26,28). The fourth-order valence-corrected chi connectivity index (χ4v) is 4.90. The van der Waals surface area contributed by atoms with E-state index in [4.69, 9.17) is 11.6 Å². The van der Waals surface area contributed by atoms with E-state index in [9.17, 15) is 17.6 Å². The van der Waals surface area contributed by atoms with Gasteiger partial charge < -0.3 is 5.32 Å².